The van der Waals surface area contributed by atoms with Crippen LogP contribution in [0.25, 0.3) is 0 Å². The van der Waals surface area contributed by atoms with Crippen LogP contribution < -0.4 is 0 Å². The van der Waals surface area contributed by atoms with Crippen LogP contribution in [0.4, 0.5) is 0 Å². The zero-order valence-corrected chi connectivity index (χ0v) is 11.7. The Kier molecular flexibility index (Phi) is 4.17. The standard InChI is InChI=1S/C15H18N2O3/c1-3-15(4-2,11-8-6-5-7-9-11)14-16-12(20-17-14)10-13(18)19/h5-9H,3-4,10H2,1-2H3,(H,18,19). The molecule has 0 aliphatic heterocycles. The van der Waals surface area contributed by atoms with Crippen molar-refractivity contribution in [1.29, 1.82) is 0 Å². The maximum Gasteiger partial charge on any atom is 0.312 e. The van der Waals surface area contributed by atoms with Crippen LogP contribution in [0.5, 0.6) is 0 Å². The summed E-state index contributed by atoms with van der Waals surface area (Å²) in [5.41, 5.74) is 0.786. The van der Waals surface area contributed by atoms with Gasteiger partial charge in [-0.1, -0.05) is 49.3 Å². The highest BCUT2D eigenvalue weighted by molar-refractivity contribution is 5.68. The van der Waals surface area contributed by atoms with Crippen molar-refractivity contribution in [1.82, 2.24) is 10.1 Å². The lowest BCUT2D eigenvalue weighted by molar-refractivity contribution is -0.136. The maximum absolute atomic E-state index is 10.7. The number of benzene rings is 1. The molecule has 5 heteroatoms. The van der Waals surface area contributed by atoms with Crippen molar-refractivity contribution >= 4 is 5.97 Å². The van der Waals surface area contributed by atoms with Gasteiger partial charge in [0.15, 0.2) is 5.82 Å². The van der Waals surface area contributed by atoms with Gasteiger partial charge in [-0.3, -0.25) is 4.79 Å². The van der Waals surface area contributed by atoms with Crippen LogP contribution in [0.15, 0.2) is 34.9 Å². The molecule has 1 aromatic carbocycles. The molecule has 0 aliphatic rings. The minimum Gasteiger partial charge on any atom is -0.481 e. The first kappa shape index (κ1) is 14.2. The molecule has 0 amide bonds. The van der Waals surface area contributed by atoms with Crippen molar-refractivity contribution in [3.8, 4) is 0 Å². The summed E-state index contributed by atoms with van der Waals surface area (Å²) >= 11 is 0. The fraction of sp³-hybridized carbons (Fsp3) is 0.400. The zero-order valence-electron chi connectivity index (χ0n) is 11.7. The summed E-state index contributed by atoms with van der Waals surface area (Å²) in [5.74, 6) is -0.266. The van der Waals surface area contributed by atoms with Gasteiger partial charge in [0.2, 0.25) is 5.89 Å². The average Bonchev–Trinajstić information content (AvgIpc) is 2.90. The molecule has 0 unspecified atom stereocenters. The molecule has 0 saturated heterocycles. The van der Waals surface area contributed by atoms with E-state index in [1.54, 1.807) is 0 Å². The molecule has 0 radical (unpaired) electrons. The summed E-state index contributed by atoms with van der Waals surface area (Å²) in [6, 6.07) is 10.0. The van der Waals surface area contributed by atoms with E-state index in [2.05, 4.69) is 24.0 Å². The molecule has 0 spiro atoms. The second-order valence-electron chi connectivity index (χ2n) is 4.74. The summed E-state index contributed by atoms with van der Waals surface area (Å²) in [5, 5.41) is 12.8. The second-order valence-corrected chi connectivity index (χ2v) is 4.74. The Bertz CT molecular complexity index is 574. The molecule has 2 rings (SSSR count). The summed E-state index contributed by atoms with van der Waals surface area (Å²) in [6.45, 7) is 4.15. The van der Waals surface area contributed by atoms with Gasteiger partial charge in [-0.15, -0.1) is 0 Å². The predicted molar refractivity (Wildman–Crippen MR) is 73.4 cm³/mol. The number of aliphatic carboxylic acids is 1. The Morgan fingerprint density at radius 1 is 1.25 bits per heavy atom. The quantitative estimate of drug-likeness (QED) is 0.876. The summed E-state index contributed by atoms with van der Waals surface area (Å²) in [6.07, 6.45) is 1.39. The molecular formula is C15H18N2O3. The van der Waals surface area contributed by atoms with E-state index in [0.717, 1.165) is 18.4 Å². The van der Waals surface area contributed by atoms with Crippen molar-refractivity contribution in [2.24, 2.45) is 0 Å². The lowest BCUT2D eigenvalue weighted by Crippen LogP contribution is -2.27. The number of aromatic nitrogens is 2. The normalized spacial score (nSPS) is 11.5. The second kappa shape index (κ2) is 5.86. The Morgan fingerprint density at radius 3 is 2.45 bits per heavy atom. The first-order valence-electron chi connectivity index (χ1n) is 6.72. The number of hydrogen-bond acceptors (Lipinski definition) is 4. The minimum absolute atomic E-state index is 0.148. The van der Waals surface area contributed by atoms with Crippen molar-refractivity contribution < 1.29 is 14.4 Å². The largest absolute Gasteiger partial charge is 0.481 e. The van der Waals surface area contributed by atoms with E-state index < -0.39 is 5.97 Å². The lowest BCUT2D eigenvalue weighted by atomic mass is 9.75. The third kappa shape index (κ3) is 2.57. The number of carboxylic acid groups (broad SMARTS) is 1. The molecule has 20 heavy (non-hydrogen) atoms. The predicted octanol–water partition coefficient (Wildman–Crippen LogP) is 2.80. The number of carboxylic acids is 1. The van der Waals surface area contributed by atoms with Crippen molar-refractivity contribution in [2.45, 2.75) is 38.5 Å². The molecule has 106 valence electrons. The van der Waals surface area contributed by atoms with E-state index in [0.29, 0.717) is 5.82 Å². The number of rotatable bonds is 6. The van der Waals surface area contributed by atoms with Gasteiger partial charge in [-0.05, 0) is 18.4 Å². The van der Waals surface area contributed by atoms with Gasteiger partial charge in [0.05, 0.1) is 5.41 Å². The Morgan fingerprint density at radius 2 is 1.90 bits per heavy atom. The van der Waals surface area contributed by atoms with Gasteiger partial charge in [-0.25, -0.2) is 0 Å². The minimum atomic E-state index is -0.974. The molecular weight excluding hydrogens is 256 g/mol. The molecule has 5 nitrogen and oxygen atoms in total. The SMILES string of the molecule is CCC(CC)(c1ccccc1)c1noc(CC(=O)O)n1. The first-order valence-corrected chi connectivity index (χ1v) is 6.72. The highest BCUT2D eigenvalue weighted by Gasteiger charge is 2.35. The van der Waals surface area contributed by atoms with E-state index in [1.807, 2.05) is 30.3 Å². The lowest BCUT2D eigenvalue weighted by Gasteiger charge is -2.28. The highest BCUT2D eigenvalue weighted by Crippen LogP contribution is 2.36. The van der Waals surface area contributed by atoms with E-state index in [9.17, 15) is 4.79 Å². The Balaban J connectivity index is 2.43. The fourth-order valence-electron chi connectivity index (χ4n) is 2.51. The Hall–Kier alpha value is -2.17. The van der Waals surface area contributed by atoms with Crippen molar-refractivity contribution in [2.75, 3.05) is 0 Å². The van der Waals surface area contributed by atoms with Gasteiger partial charge < -0.3 is 9.63 Å². The van der Waals surface area contributed by atoms with E-state index in [1.165, 1.54) is 0 Å². The fourth-order valence-corrected chi connectivity index (χ4v) is 2.51. The molecule has 0 aliphatic carbocycles. The molecule has 0 bridgehead atoms. The molecule has 0 fully saturated rings. The van der Waals surface area contributed by atoms with Crippen LogP contribution >= 0.6 is 0 Å². The summed E-state index contributed by atoms with van der Waals surface area (Å²) in [7, 11) is 0. The van der Waals surface area contributed by atoms with Gasteiger partial charge in [0, 0.05) is 0 Å². The molecule has 2 aromatic rings. The number of carbonyl (C=O) groups is 1. The van der Waals surface area contributed by atoms with Crippen LogP contribution in [0, 0.1) is 0 Å². The van der Waals surface area contributed by atoms with Gasteiger partial charge in [0.25, 0.3) is 0 Å². The van der Waals surface area contributed by atoms with Gasteiger partial charge >= 0.3 is 5.97 Å². The molecule has 0 saturated carbocycles. The zero-order chi connectivity index (χ0) is 14.6. The topological polar surface area (TPSA) is 76.2 Å². The third-order valence-electron chi connectivity index (χ3n) is 3.73. The van der Waals surface area contributed by atoms with Crippen molar-refractivity contribution in [3.05, 3.63) is 47.6 Å². The van der Waals surface area contributed by atoms with Gasteiger partial charge in [0.1, 0.15) is 6.42 Å². The number of hydrogen-bond donors (Lipinski definition) is 1. The molecule has 1 N–H and O–H groups in total. The molecule has 1 aromatic heterocycles. The van der Waals surface area contributed by atoms with E-state index >= 15 is 0 Å². The van der Waals surface area contributed by atoms with Crippen LogP contribution in [0.2, 0.25) is 0 Å². The highest BCUT2D eigenvalue weighted by atomic mass is 16.5. The monoisotopic (exact) mass is 274 g/mol. The van der Waals surface area contributed by atoms with Crippen LogP contribution in [-0.4, -0.2) is 21.2 Å². The average molecular weight is 274 g/mol. The van der Waals surface area contributed by atoms with Crippen LogP contribution in [0.1, 0.15) is 44.0 Å². The van der Waals surface area contributed by atoms with Crippen LogP contribution in [0.3, 0.4) is 0 Å². The van der Waals surface area contributed by atoms with E-state index in [-0.39, 0.29) is 17.7 Å². The third-order valence-corrected chi connectivity index (χ3v) is 3.73. The van der Waals surface area contributed by atoms with Gasteiger partial charge in [-0.2, -0.15) is 4.98 Å². The van der Waals surface area contributed by atoms with Crippen LogP contribution in [-0.2, 0) is 16.6 Å². The molecule has 1 heterocycles. The maximum atomic E-state index is 10.7. The Labute approximate surface area is 117 Å². The smallest absolute Gasteiger partial charge is 0.312 e. The summed E-state index contributed by atoms with van der Waals surface area (Å²) in [4.78, 5) is 15.0. The van der Waals surface area contributed by atoms with Crippen molar-refractivity contribution in [3.63, 3.8) is 0 Å². The van der Waals surface area contributed by atoms with E-state index in [4.69, 9.17) is 9.63 Å². The number of nitrogens with zero attached hydrogens (tertiary/aromatic N) is 2. The molecule has 0 atom stereocenters. The summed E-state index contributed by atoms with van der Waals surface area (Å²) < 4.78 is 5.06. The first-order chi connectivity index (χ1) is 9.62.